The van der Waals surface area contributed by atoms with Gasteiger partial charge in [0.1, 0.15) is 6.33 Å². The fourth-order valence-corrected chi connectivity index (χ4v) is 3.99. The van der Waals surface area contributed by atoms with E-state index in [-0.39, 0.29) is 11.4 Å². The molecule has 0 bridgehead atoms. The molecule has 0 radical (unpaired) electrons. The predicted molar refractivity (Wildman–Crippen MR) is 95.3 cm³/mol. The van der Waals surface area contributed by atoms with Crippen LogP contribution in [0.5, 0.6) is 0 Å². The molecule has 4 rings (SSSR count). The quantitative estimate of drug-likeness (QED) is 0.579. The van der Waals surface area contributed by atoms with Crippen LogP contribution in [0.1, 0.15) is 11.3 Å². The van der Waals surface area contributed by atoms with Crippen LogP contribution in [-0.2, 0) is 16.6 Å². The summed E-state index contributed by atoms with van der Waals surface area (Å²) in [6.07, 6.45) is 4.84. The zero-order valence-corrected chi connectivity index (χ0v) is 14.8. The third-order valence-electron chi connectivity index (χ3n) is 4.05. The lowest BCUT2D eigenvalue weighted by Gasteiger charge is -2.12. The first-order chi connectivity index (χ1) is 12.5. The highest BCUT2D eigenvalue weighted by Gasteiger charge is 2.18. The van der Waals surface area contributed by atoms with Crippen molar-refractivity contribution in [1.29, 1.82) is 0 Å². The van der Waals surface area contributed by atoms with Gasteiger partial charge >= 0.3 is 0 Å². The standard InChI is InChI=1S/C17H16N6O2S/c1-13-6-7-14(22-9-3-8-19-22)10-16(13)26(24,25)21-11-15-4-2-5-17-18-12-20-23(15)17/h2-10,12,21H,11H2,1H3. The maximum Gasteiger partial charge on any atom is 0.241 e. The number of benzene rings is 1. The zero-order valence-electron chi connectivity index (χ0n) is 13.9. The molecule has 3 heterocycles. The average molecular weight is 368 g/mol. The van der Waals surface area contributed by atoms with Gasteiger partial charge in [0, 0.05) is 12.4 Å². The summed E-state index contributed by atoms with van der Waals surface area (Å²) in [5, 5.41) is 8.26. The van der Waals surface area contributed by atoms with Gasteiger partial charge in [-0.15, -0.1) is 0 Å². The van der Waals surface area contributed by atoms with E-state index in [0.29, 0.717) is 22.6 Å². The van der Waals surface area contributed by atoms with E-state index in [2.05, 4.69) is 19.9 Å². The summed E-state index contributed by atoms with van der Waals surface area (Å²) in [5.74, 6) is 0. The lowest BCUT2D eigenvalue weighted by molar-refractivity contribution is 0.578. The van der Waals surface area contributed by atoms with Crippen molar-refractivity contribution in [3.63, 3.8) is 0 Å². The van der Waals surface area contributed by atoms with E-state index in [1.807, 2.05) is 18.2 Å². The van der Waals surface area contributed by atoms with Crippen LogP contribution in [0, 0.1) is 6.92 Å². The van der Waals surface area contributed by atoms with Gasteiger partial charge in [0.25, 0.3) is 0 Å². The molecule has 3 aromatic heterocycles. The van der Waals surface area contributed by atoms with Crippen LogP contribution in [-0.4, -0.2) is 32.8 Å². The third-order valence-corrected chi connectivity index (χ3v) is 5.60. The Morgan fingerprint density at radius 1 is 1.12 bits per heavy atom. The lowest BCUT2D eigenvalue weighted by atomic mass is 10.2. The number of hydrogen-bond donors (Lipinski definition) is 1. The smallest absolute Gasteiger partial charge is 0.241 e. The van der Waals surface area contributed by atoms with E-state index < -0.39 is 10.0 Å². The van der Waals surface area contributed by atoms with Crippen molar-refractivity contribution in [3.05, 3.63) is 72.4 Å². The first-order valence-electron chi connectivity index (χ1n) is 7.92. The van der Waals surface area contributed by atoms with Crippen molar-refractivity contribution in [3.8, 4) is 5.69 Å². The first-order valence-corrected chi connectivity index (χ1v) is 9.41. The molecular formula is C17H16N6O2S. The third kappa shape index (κ3) is 2.98. The Hall–Kier alpha value is -3.04. The van der Waals surface area contributed by atoms with Crippen LogP contribution >= 0.6 is 0 Å². The van der Waals surface area contributed by atoms with Gasteiger partial charge < -0.3 is 0 Å². The van der Waals surface area contributed by atoms with Crippen molar-refractivity contribution < 1.29 is 8.42 Å². The molecule has 0 unspecified atom stereocenters. The molecule has 0 aliphatic heterocycles. The van der Waals surface area contributed by atoms with Crippen LogP contribution in [0.4, 0.5) is 0 Å². The second-order valence-electron chi connectivity index (χ2n) is 5.77. The van der Waals surface area contributed by atoms with Gasteiger partial charge in [0.05, 0.1) is 22.8 Å². The molecule has 1 N–H and O–H groups in total. The summed E-state index contributed by atoms with van der Waals surface area (Å²) < 4.78 is 31.5. The zero-order chi connectivity index (χ0) is 18.1. The number of hydrogen-bond acceptors (Lipinski definition) is 5. The Morgan fingerprint density at radius 2 is 2.00 bits per heavy atom. The lowest BCUT2D eigenvalue weighted by Crippen LogP contribution is -2.25. The number of aryl methyl sites for hydroxylation is 1. The number of sulfonamides is 1. The minimum absolute atomic E-state index is 0.106. The summed E-state index contributed by atoms with van der Waals surface area (Å²) in [6, 6.07) is 12.4. The fraction of sp³-hybridized carbons (Fsp3) is 0.118. The number of pyridine rings is 1. The topological polar surface area (TPSA) is 94.2 Å². The molecule has 1 aromatic carbocycles. The SMILES string of the molecule is Cc1ccc(-n2cccn2)cc1S(=O)(=O)NCc1cccc2ncnn12. The number of fused-ring (bicyclic) bond motifs is 1. The van der Waals surface area contributed by atoms with Gasteiger partial charge in [-0.05, 0) is 42.8 Å². The second-order valence-corrected chi connectivity index (χ2v) is 7.51. The van der Waals surface area contributed by atoms with E-state index in [1.54, 1.807) is 52.8 Å². The van der Waals surface area contributed by atoms with Gasteiger partial charge in [-0.25, -0.2) is 27.3 Å². The Labute approximate surface area is 150 Å². The normalized spacial score (nSPS) is 11.9. The Kier molecular flexibility index (Phi) is 4.02. The highest BCUT2D eigenvalue weighted by atomic mass is 32.2. The molecule has 0 amide bonds. The van der Waals surface area contributed by atoms with E-state index >= 15 is 0 Å². The summed E-state index contributed by atoms with van der Waals surface area (Å²) in [6.45, 7) is 1.87. The Bertz CT molecular complexity index is 1170. The second kappa shape index (κ2) is 6.36. The average Bonchev–Trinajstić information content (AvgIpc) is 3.32. The molecule has 0 fully saturated rings. The number of rotatable bonds is 5. The summed E-state index contributed by atoms with van der Waals surface area (Å²) in [4.78, 5) is 4.32. The predicted octanol–water partition coefficient (Wildman–Crippen LogP) is 1.70. The van der Waals surface area contributed by atoms with Crippen LogP contribution in [0.2, 0.25) is 0 Å². The van der Waals surface area contributed by atoms with Gasteiger partial charge in [-0.1, -0.05) is 12.1 Å². The van der Waals surface area contributed by atoms with Crippen molar-refractivity contribution in [2.45, 2.75) is 18.4 Å². The minimum atomic E-state index is -3.71. The van der Waals surface area contributed by atoms with Gasteiger partial charge in [0.15, 0.2) is 5.65 Å². The molecule has 4 aromatic rings. The van der Waals surface area contributed by atoms with Crippen molar-refractivity contribution >= 4 is 15.7 Å². The van der Waals surface area contributed by atoms with Crippen molar-refractivity contribution in [2.75, 3.05) is 0 Å². The summed E-state index contributed by atoms with van der Waals surface area (Å²) in [5.41, 5.74) is 2.70. The summed E-state index contributed by atoms with van der Waals surface area (Å²) in [7, 11) is -3.71. The molecule has 0 atom stereocenters. The Balaban J connectivity index is 1.64. The molecule has 26 heavy (non-hydrogen) atoms. The summed E-state index contributed by atoms with van der Waals surface area (Å²) >= 11 is 0. The van der Waals surface area contributed by atoms with Crippen molar-refractivity contribution in [2.24, 2.45) is 0 Å². The van der Waals surface area contributed by atoms with Gasteiger partial charge in [0.2, 0.25) is 10.0 Å². The Morgan fingerprint density at radius 3 is 2.81 bits per heavy atom. The molecule has 132 valence electrons. The number of aromatic nitrogens is 5. The van der Waals surface area contributed by atoms with Crippen LogP contribution in [0.15, 0.2) is 66.1 Å². The van der Waals surface area contributed by atoms with Crippen molar-refractivity contribution in [1.82, 2.24) is 29.1 Å². The van der Waals surface area contributed by atoms with Gasteiger partial charge in [-0.2, -0.15) is 10.2 Å². The minimum Gasteiger partial charge on any atom is -0.241 e. The molecule has 0 saturated heterocycles. The number of nitrogens with zero attached hydrogens (tertiary/aromatic N) is 5. The van der Waals surface area contributed by atoms with E-state index in [4.69, 9.17) is 0 Å². The van der Waals surface area contributed by atoms with Crippen LogP contribution in [0.3, 0.4) is 0 Å². The number of nitrogens with one attached hydrogen (secondary N) is 1. The molecule has 8 nitrogen and oxygen atoms in total. The molecule has 9 heteroatoms. The van der Waals surface area contributed by atoms with E-state index in [1.165, 1.54) is 6.33 Å². The maximum absolute atomic E-state index is 12.8. The van der Waals surface area contributed by atoms with Gasteiger partial charge in [-0.3, -0.25) is 0 Å². The molecular weight excluding hydrogens is 352 g/mol. The first kappa shape index (κ1) is 16.4. The highest BCUT2D eigenvalue weighted by Crippen LogP contribution is 2.19. The van der Waals surface area contributed by atoms with E-state index in [0.717, 1.165) is 0 Å². The molecule has 0 spiro atoms. The highest BCUT2D eigenvalue weighted by molar-refractivity contribution is 7.89. The largest absolute Gasteiger partial charge is 0.241 e. The molecule has 0 aliphatic rings. The molecule has 0 aliphatic carbocycles. The molecule has 0 saturated carbocycles. The van der Waals surface area contributed by atoms with Crippen LogP contribution < -0.4 is 4.72 Å². The maximum atomic E-state index is 12.8. The van der Waals surface area contributed by atoms with Crippen LogP contribution in [0.25, 0.3) is 11.3 Å². The van der Waals surface area contributed by atoms with E-state index in [9.17, 15) is 8.42 Å². The monoisotopic (exact) mass is 368 g/mol. The fourth-order valence-electron chi connectivity index (χ4n) is 2.72.